The fraction of sp³-hybridized carbons (Fsp3) is 0.333. The molecule has 0 bridgehead atoms. The fourth-order valence-electron chi connectivity index (χ4n) is 1.07. The number of hydrogen-bond donors (Lipinski definition) is 1. The van der Waals surface area contributed by atoms with Gasteiger partial charge in [0.25, 0.3) is 0 Å². The Hall–Kier alpha value is -1.16. The average molecular weight is 188 g/mol. The Bertz CT molecular complexity index is 300. The van der Waals surface area contributed by atoms with E-state index in [1.54, 1.807) is 0 Å². The zero-order chi connectivity index (χ0) is 9.84. The average Bonchev–Trinajstić information content (AvgIpc) is 2.11. The van der Waals surface area contributed by atoms with Crippen LogP contribution in [0.4, 0.5) is 8.78 Å². The minimum absolute atomic E-state index is 0.155. The Morgan fingerprint density at radius 1 is 1.38 bits per heavy atom. The summed E-state index contributed by atoms with van der Waals surface area (Å²) in [4.78, 5) is 0. The van der Waals surface area contributed by atoms with Gasteiger partial charge in [0.2, 0.25) is 0 Å². The van der Waals surface area contributed by atoms with Crippen LogP contribution in [0.1, 0.15) is 5.56 Å². The van der Waals surface area contributed by atoms with Gasteiger partial charge >= 0.3 is 0 Å². The number of aliphatic hydroxyl groups is 1. The molecule has 0 aliphatic carbocycles. The SMILES string of the molecule is COc1c(F)ccc(CCO)c1F. The van der Waals surface area contributed by atoms with E-state index in [0.29, 0.717) is 0 Å². The number of ether oxygens (including phenoxy) is 1. The second kappa shape index (κ2) is 4.18. The molecule has 0 heterocycles. The lowest BCUT2D eigenvalue weighted by Gasteiger charge is -2.06. The summed E-state index contributed by atoms with van der Waals surface area (Å²) < 4.78 is 30.6. The normalized spacial score (nSPS) is 10.2. The minimum atomic E-state index is -0.739. The first-order valence-corrected chi connectivity index (χ1v) is 3.82. The highest BCUT2D eigenvalue weighted by atomic mass is 19.1. The van der Waals surface area contributed by atoms with E-state index in [2.05, 4.69) is 4.74 Å². The van der Waals surface area contributed by atoms with Crippen LogP contribution in [0.25, 0.3) is 0 Å². The first kappa shape index (κ1) is 9.92. The summed E-state index contributed by atoms with van der Waals surface area (Å²) in [7, 11) is 1.20. The van der Waals surface area contributed by atoms with Gasteiger partial charge in [-0.3, -0.25) is 0 Å². The van der Waals surface area contributed by atoms with E-state index in [0.717, 1.165) is 6.07 Å². The Morgan fingerprint density at radius 3 is 2.62 bits per heavy atom. The maximum absolute atomic E-state index is 13.2. The van der Waals surface area contributed by atoms with E-state index in [9.17, 15) is 8.78 Å². The zero-order valence-electron chi connectivity index (χ0n) is 7.18. The summed E-state index contributed by atoms with van der Waals surface area (Å²) in [5.41, 5.74) is 0.251. The minimum Gasteiger partial charge on any atom is -0.491 e. The van der Waals surface area contributed by atoms with Crippen molar-refractivity contribution in [1.29, 1.82) is 0 Å². The van der Waals surface area contributed by atoms with Crippen LogP contribution in [0.15, 0.2) is 12.1 Å². The highest BCUT2D eigenvalue weighted by molar-refractivity contribution is 5.32. The molecule has 0 spiro atoms. The topological polar surface area (TPSA) is 29.5 Å². The van der Waals surface area contributed by atoms with Crippen molar-refractivity contribution in [1.82, 2.24) is 0 Å². The molecule has 0 saturated heterocycles. The summed E-state index contributed by atoms with van der Waals surface area (Å²) >= 11 is 0. The molecule has 0 unspecified atom stereocenters. The van der Waals surface area contributed by atoms with Gasteiger partial charge in [0.15, 0.2) is 17.4 Å². The molecule has 13 heavy (non-hydrogen) atoms. The summed E-state index contributed by atoms with van der Waals surface area (Å²) in [6.45, 7) is -0.175. The first-order valence-electron chi connectivity index (χ1n) is 3.82. The van der Waals surface area contributed by atoms with E-state index >= 15 is 0 Å². The molecule has 2 nitrogen and oxygen atoms in total. The maximum atomic E-state index is 13.2. The van der Waals surface area contributed by atoms with Gasteiger partial charge in [-0.05, 0) is 18.1 Å². The van der Waals surface area contributed by atoms with Gasteiger partial charge in [-0.1, -0.05) is 6.07 Å². The van der Waals surface area contributed by atoms with Gasteiger partial charge in [0, 0.05) is 6.61 Å². The number of aliphatic hydroxyl groups excluding tert-OH is 1. The van der Waals surface area contributed by atoms with Crippen molar-refractivity contribution in [2.24, 2.45) is 0 Å². The molecule has 0 aliphatic heterocycles. The fourth-order valence-corrected chi connectivity index (χ4v) is 1.07. The van der Waals surface area contributed by atoms with E-state index in [-0.39, 0.29) is 18.6 Å². The predicted octanol–water partition coefficient (Wildman–Crippen LogP) is 1.51. The van der Waals surface area contributed by atoms with E-state index < -0.39 is 17.4 Å². The van der Waals surface area contributed by atoms with Crippen molar-refractivity contribution >= 4 is 0 Å². The number of hydrogen-bond acceptors (Lipinski definition) is 2. The van der Waals surface area contributed by atoms with Crippen molar-refractivity contribution in [3.8, 4) is 5.75 Å². The van der Waals surface area contributed by atoms with Crippen molar-refractivity contribution in [3.63, 3.8) is 0 Å². The van der Waals surface area contributed by atoms with Crippen LogP contribution in [0.5, 0.6) is 5.75 Å². The van der Waals surface area contributed by atoms with E-state index in [4.69, 9.17) is 5.11 Å². The van der Waals surface area contributed by atoms with Crippen LogP contribution < -0.4 is 4.74 Å². The van der Waals surface area contributed by atoms with Crippen LogP contribution in [0.3, 0.4) is 0 Å². The second-order valence-corrected chi connectivity index (χ2v) is 2.53. The Morgan fingerprint density at radius 2 is 2.08 bits per heavy atom. The summed E-state index contributed by atoms with van der Waals surface area (Å²) in [6.07, 6.45) is 0.155. The number of methoxy groups -OCH3 is 1. The van der Waals surface area contributed by atoms with Crippen LogP contribution in [0.2, 0.25) is 0 Å². The monoisotopic (exact) mass is 188 g/mol. The van der Waals surface area contributed by atoms with E-state index in [1.807, 2.05) is 0 Å². The van der Waals surface area contributed by atoms with Crippen molar-refractivity contribution in [2.45, 2.75) is 6.42 Å². The summed E-state index contributed by atoms with van der Waals surface area (Å²) in [5.74, 6) is -1.87. The molecule has 0 amide bonds. The van der Waals surface area contributed by atoms with Crippen LogP contribution in [0, 0.1) is 11.6 Å². The largest absolute Gasteiger partial charge is 0.491 e. The van der Waals surface area contributed by atoms with Crippen LogP contribution in [-0.2, 0) is 6.42 Å². The van der Waals surface area contributed by atoms with E-state index in [1.165, 1.54) is 13.2 Å². The third kappa shape index (κ3) is 1.95. The molecule has 0 aromatic heterocycles. The van der Waals surface area contributed by atoms with Crippen LogP contribution >= 0.6 is 0 Å². The van der Waals surface area contributed by atoms with Gasteiger partial charge in [-0.15, -0.1) is 0 Å². The molecule has 0 aliphatic rings. The first-order chi connectivity index (χ1) is 6.20. The smallest absolute Gasteiger partial charge is 0.190 e. The molecule has 72 valence electrons. The number of rotatable bonds is 3. The Kier molecular flexibility index (Phi) is 3.19. The predicted molar refractivity (Wildman–Crippen MR) is 43.7 cm³/mol. The lowest BCUT2D eigenvalue weighted by Crippen LogP contribution is -2.00. The molecule has 4 heteroatoms. The van der Waals surface area contributed by atoms with Gasteiger partial charge in [0.05, 0.1) is 7.11 Å². The highest BCUT2D eigenvalue weighted by Crippen LogP contribution is 2.24. The van der Waals surface area contributed by atoms with Crippen molar-refractivity contribution < 1.29 is 18.6 Å². The molecular formula is C9H10F2O2. The molecule has 0 atom stereocenters. The number of benzene rings is 1. The molecule has 1 aromatic rings. The Balaban J connectivity index is 3.11. The van der Waals surface area contributed by atoms with Gasteiger partial charge in [-0.25, -0.2) is 8.78 Å². The Labute approximate surface area is 74.8 Å². The second-order valence-electron chi connectivity index (χ2n) is 2.53. The number of halogens is 2. The molecule has 0 radical (unpaired) electrons. The molecule has 0 saturated carbocycles. The lowest BCUT2D eigenvalue weighted by molar-refractivity contribution is 0.295. The molecular weight excluding hydrogens is 178 g/mol. The van der Waals surface area contributed by atoms with Gasteiger partial charge in [-0.2, -0.15) is 0 Å². The zero-order valence-corrected chi connectivity index (χ0v) is 7.18. The molecule has 0 fully saturated rings. The quantitative estimate of drug-likeness (QED) is 0.779. The third-order valence-electron chi connectivity index (χ3n) is 1.71. The molecule has 1 rings (SSSR count). The third-order valence-corrected chi connectivity index (χ3v) is 1.71. The standard InChI is InChI=1S/C9H10F2O2/c1-13-9-7(10)3-2-6(4-5-12)8(9)11/h2-3,12H,4-5H2,1H3. The maximum Gasteiger partial charge on any atom is 0.190 e. The van der Waals surface area contributed by atoms with Gasteiger partial charge < -0.3 is 9.84 Å². The molecule has 1 aromatic carbocycles. The summed E-state index contributed by atoms with van der Waals surface area (Å²) in [6, 6.07) is 2.41. The summed E-state index contributed by atoms with van der Waals surface area (Å²) in [5, 5.41) is 8.58. The lowest BCUT2D eigenvalue weighted by atomic mass is 10.1. The van der Waals surface area contributed by atoms with Crippen LogP contribution in [-0.4, -0.2) is 18.8 Å². The van der Waals surface area contributed by atoms with Crippen molar-refractivity contribution in [2.75, 3.05) is 13.7 Å². The molecule has 1 N–H and O–H groups in total. The van der Waals surface area contributed by atoms with Crippen molar-refractivity contribution in [3.05, 3.63) is 29.3 Å². The highest BCUT2D eigenvalue weighted by Gasteiger charge is 2.13. The van der Waals surface area contributed by atoms with Gasteiger partial charge in [0.1, 0.15) is 0 Å².